The third-order valence-electron chi connectivity index (χ3n) is 3.61. The number of piperidine rings is 1. The topological polar surface area (TPSA) is 55.3 Å². The molecule has 0 spiro atoms. The fraction of sp³-hybridized carbons (Fsp3) is 0.667. The summed E-state index contributed by atoms with van der Waals surface area (Å²) in [5.74, 6) is 1.60. The molecular formula is C15H23N3O2. The van der Waals surface area contributed by atoms with Crippen LogP contribution >= 0.6 is 0 Å². The van der Waals surface area contributed by atoms with Crippen LogP contribution < -0.4 is 4.90 Å². The normalized spacial score (nSPS) is 18.9. The summed E-state index contributed by atoms with van der Waals surface area (Å²) in [6, 6.07) is 2.03. The number of ether oxygens (including phenoxy) is 1. The van der Waals surface area contributed by atoms with Crippen LogP contribution in [0.3, 0.4) is 0 Å². The van der Waals surface area contributed by atoms with Crippen LogP contribution in [0, 0.1) is 12.8 Å². The summed E-state index contributed by atoms with van der Waals surface area (Å²) < 4.78 is 5.14. The molecule has 1 saturated heterocycles. The van der Waals surface area contributed by atoms with E-state index < -0.39 is 0 Å². The summed E-state index contributed by atoms with van der Waals surface area (Å²) in [4.78, 5) is 23.0. The van der Waals surface area contributed by atoms with E-state index in [0.717, 1.165) is 43.1 Å². The molecule has 0 unspecified atom stereocenters. The van der Waals surface area contributed by atoms with E-state index in [1.54, 1.807) is 0 Å². The van der Waals surface area contributed by atoms with Gasteiger partial charge in [-0.05, 0) is 33.1 Å². The summed E-state index contributed by atoms with van der Waals surface area (Å²) in [7, 11) is 0. The summed E-state index contributed by atoms with van der Waals surface area (Å²) in [5.41, 5.74) is 1.05. The second-order valence-corrected chi connectivity index (χ2v) is 5.16. The van der Waals surface area contributed by atoms with Gasteiger partial charge in [-0.1, -0.05) is 6.92 Å². The Morgan fingerprint density at radius 1 is 1.45 bits per heavy atom. The van der Waals surface area contributed by atoms with Crippen LogP contribution in [0.25, 0.3) is 0 Å². The Labute approximate surface area is 120 Å². The van der Waals surface area contributed by atoms with Gasteiger partial charge in [0.25, 0.3) is 0 Å². The van der Waals surface area contributed by atoms with Gasteiger partial charge in [-0.15, -0.1) is 0 Å². The number of carbonyl (C=O) groups is 1. The molecule has 1 aromatic heterocycles. The second kappa shape index (κ2) is 6.68. The summed E-state index contributed by atoms with van der Waals surface area (Å²) in [6.07, 6.45) is 2.79. The number of aromatic nitrogens is 2. The van der Waals surface area contributed by atoms with Crippen molar-refractivity contribution in [2.75, 3.05) is 24.6 Å². The molecule has 0 aliphatic carbocycles. The van der Waals surface area contributed by atoms with E-state index in [-0.39, 0.29) is 11.9 Å². The van der Waals surface area contributed by atoms with E-state index in [1.165, 1.54) is 0 Å². The highest BCUT2D eigenvalue weighted by atomic mass is 16.5. The highest BCUT2D eigenvalue weighted by Crippen LogP contribution is 2.23. The highest BCUT2D eigenvalue weighted by molar-refractivity contribution is 5.73. The zero-order chi connectivity index (χ0) is 14.5. The van der Waals surface area contributed by atoms with Gasteiger partial charge in [-0.3, -0.25) is 4.79 Å². The SMILES string of the molecule is CCOC(=O)[C@H]1CCCN(c2cc(CC)nc(C)n2)C1. The van der Waals surface area contributed by atoms with Crippen molar-refractivity contribution in [2.45, 2.75) is 40.0 Å². The fourth-order valence-corrected chi connectivity index (χ4v) is 2.59. The first-order valence-electron chi connectivity index (χ1n) is 7.40. The zero-order valence-electron chi connectivity index (χ0n) is 12.6. The molecular weight excluding hydrogens is 254 g/mol. The Morgan fingerprint density at radius 3 is 2.95 bits per heavy atom. The van der Waals surface area contributed by atoms with Gasteiger partial charge in [0.2, 0.25) is 0 Å². The van der Waals surface area contributed by atoms with Crippen LogP contribution in [0.1, 0.15) is 38.2 Å². The minimum atomic E-state index is -0.0845. The van der Waals surface area contributed by atoms with Gasteiger partial charge >= 0.3 is 5.97 Å². The largest absolute Gasteiger partial charge is 0.466 e. The first-order chi connectivity index (χ1) is 9.63. The highest BCUT2D eigenvalue weighted by Gasteiger charge is 2.27. The number of nitrogens with zero attached hydrogens (tertiary/aromatic N) is 3. The molecule has 1 fully saturated rings. The zero-order valence-corrected chi connectivity index (χ0v) is 12.6. The first kappa shape index (κ1) is 14.8. The maximum absolute atomic E-state index is 11.9. The predicted octanol–water partition coefficient (Wildman–Crippen LogP) is 2.13. The van der Waals surface area contributed by atoms with Crippen LogP contribution in [0.15, 0.2) is 6.07 Å². The fourth-order valence-electron chi connectivity index (χ4n) is 2.59. The van der Waals surface area contributed by atoms with E-state index in [4.69, 9.17) is 4.74 Å². The smallest absolute Gasteiger partial charge is 0.310 e. The molecule has 1 aliphatic rings. The quantitative estimate of drug-likeness (QED) is 0.789. The Bertz CT molecular complexity index is 476. The maximum atomic E-state index is 11.9. The van der Waals surface area contributed by atoms with Gasteiger partial charge in [0.15, 0.2) is 0 Å². The Hall–Kier alpha value is -1.65. The monoisotopic (exact) mass is 277 g/mol. The molecule has 2 rings (SSSR count). The number of esters is 1. The van der Waals surface area contributed by atoms with Gasteiger partial charge in [-0.2, -0.15) is 0 Å². The average molecular weight is 277 g/mol. The van der Waals surface area contributed by atoms with Crippen LogP contribution in [0.2, 0.25) is 0 Å². The molecule has 5 heteroatoms. The predicted molar refractivity (Wildman–Crippen MR) is 77.7 cm³/mol. The van der Waals surface area contributed by atoms with Gasteiger partial charge in [-0.25, -0.2) is 9.97 Å². The summed E-state index contributed by atoms with van der Waals surface area (Å²) in [5, 5.41) is 0. The number of anilines is 1. The van der Waals surface area contributed by atoms with Crippen molar-refractivity contribution in [3.8, 4) is 0 Å². The lowest BCUT2D eigenvalue weighted by atomic mass is 9.98. The minimum absolute atomic E-state index is 0.0379. The van der Waals surface area contributed by atoms with Crippen LogP contribution in [0.5, 0.6) is 0 Å². The van der Waals surface area contributed by atoms with E-state index >= 15 is 0 Å². The lowest BCUT2D eigenvalue weighted by Crippen LogP contribution is -2.40. The molecule has 1 aliphatic heterocycles. The summed E-state index contributed by atoms with van der Waals surface area (Å²) >= 11 is 0. The molecule has 0 bridgehead atoms. The van der Waals surface area contributed by atoms with E-state index in [2.05, 4.69) is 21.8 Å². The number of aryl methyl sites for hydroxylation is 2. The number of hydrogen-bond acceptors (Lipinski definition) is 5. The van der Waals surface area contributed by atoms with E-state index in [0.29, 0.717) is 13.2 Å². The Kier molecular flexibility index (Phi) is 4.93. The molecule has 0 saturated carbocycles. The molecule has 20 heavy (non-hydrogen) atoms. The third kappa shape index (κ3) is 3.46. The Morgan fingerprint density at radius 2 is 2.25 bits per heavy atom. The van der Waals surface area contributed by atoms with Gasteiger partial charge in [0, 0.05) is 24.8 Å². The summed E-state index contributed by atoms with van der Waals surface area (Å²) in [6.45, 7) is 7.92. The number of hydrogen-bond donors (Lipinski definition) is 0. The first-order valence-corrected chi connectivity index (χ1v) is 7.40. The van der Waals surface area contributed by atoms with Crippen LogP contribution in [0.4, 0.5) is 5.82 Å². The van der Waals surface area contributed by atoms with Crippen molar-refractivity contribution in [2.24, 2.45) is 5.92 Å². The average Bonchev–Trinajstić information content (AvgIpc) is 2.47. The van der Waals surface area contributed by atoms with Crippen molar-refractivity contribution in [3.63, 3.8) is 0 Å². The minimum Gasteiger partial charge on any atom is -0.466 e. The van der Waals surface area contributed by atoms with Crippen molar-refractivity contribution in [1.82, 2.24) is 9.97 Å². The van der Waals surface area contributed by atoms with Crippen LogP contribution in [-0.2, 0) is 16.0 Å². The lowest BCUT2D eigenvalue weighted by molar-refractivity contribution is -0.148. The van der Waals surface area contributed by atoms with Gasteiger partial charge < -0.3 is 9.64 Å². The van der Waals surface area contributed by atoms with Crippen molar-refractivity contribution in [3.05, 3.63) is 17.6 Å². The molecule has 1 atom stereocenters. The molecule has 5 nitrogen and oxygen atoms in total. The van der Waals surface area contributed by atoms with Crippen molar-refractivity contribution >= 4 is 11.8 Å². The maximum Gasteiger partial charge on any atom is 0.310 e. The molecule has 0 radical (unpaired) electrons. The van der Waals surface area contributed by atoms with Crippen molar-refractivity contribution < 1.29 is 9.53 Å². The molecule has 0 N–H and O–H groups in total. The second-order valence-electron chi connectivity index (χ2n) is 5.16. The number of carbonyl (C=O) groups excluding carboxylic acids is 1. The van der Waals surface area contributed by atoms with E-state index in [1.807, 2.05) is 19.9 Å². The molecule has 1 aromatic rings. The molecule has 0 amide bonds. The van der Waals surface area contributed by atoms with Crippen LogP contribution in [-0.4, -0.2) is 35.6 Å². The number of rotatable bonds is 4. The van der Waals surface area contributed by atoms with Crippen molar-refractivity contribution in [1.29, 1.82) is 0 Å². The lowest BCUT2D eigenvalue weighted by Gasteiger charge is -2.32. The molecule has 0 aromatic carbocycles. The van der Waals surface area contributed by atoms with E-state index in [9.17, 15) is 4.79 Å². The Balaban J connectivity index is 2.12. The molecule has 2 heterocycles. The molecule has 110 valence electrons. The van der Waals surface area contributed by atoms with Gasteiger partial charge in [0.1, 0.15) is 11.6 Å². The standard InChI is InChI=1S/C15H23N3O2/c1-4-13-9-14(17-11(3)16-13)18-8-6-7-12(10-18)15(19)20-5-2/h9,12H,4-8,10H2,1-3H3/t12-/m0/s1. The van der Waals surface area contributed by atoms with Gasteiger partial charge in [0.05, 0.1) is 12.5 Å². The third-order valence-corrected chi connectivity index (χ3v) is 3.61.